The van der Waals surface area contributed by atoms with Gasteiger partial charge in [0.2, 0.25) is 0 Å². The molecule has 0 saturated carbocycles. The van der Waals surface area contributed by atoms with E-state index < -0.39 is 26.6 Å². The van der Waals surface area contributed by atoms with Crippen molar-refractivity contribution in [3.8, 4) is 5.75 Å². The first-order chi connectivity index (χ1) is 12.5. The molecule has 0 spiro atoms. The van der Waals surface area contributed by atoms with E-state index >= 15 is 0 Å². The molecule has 0 heterocycles. The van der Waals surface area contributed by atoms with Gasteiger partial charge in [-0.25, -0.2) is 17.2 Å². The zero-order valence-corrected chi connectivity index (χ0v) is 14.3. The Morgan fingerprint density at radius 3 is 2.19 bits per heavy atom. The molecule has 0 unspecified atom stereocenters. The second-order valence-corrected chi connectivity index (χ2v) is 7.08. The second kappa shape index (κ2) is 7.53. The van der Waals surface area contributed by atoms with Crippen LogP contribution in [0, 0.1) is 11.6 Å². The lowest BCUT2D eigenvalue weighted by atomic mass is 10.2. The Morgan fingerprint density at radius 1 is 0.846 bits per heavy atom. The highest BCUT2D eigenvalue weighted by Gasteiger charge is 2.23. The molecule has 0 saturated heterocycles. The van der Waals surface area contributed by atoms with Gasteiger partial charge in [0.1, 0.15) is 24.0 Å². The number of sulfonamides is 1. The van der Waals surface area contributed by atoms with Crippen molar-refractivity contribution in [3.63, 3.8) is 0 Å². The van der Waals surface area contributed by atoms with Crippen LogP contribution in [0.1, 0.15) is 5.56 Å². The number of ether oxygens (including phenoxy) is 1. The normalized spacial score (nSPS) is 11.2. The van der Waals surface area contributed by atoms with Crippen molar-refractivity contribution in [2.45, 2.75) is 11.5 Å². The fraction of sp³-hybridized carbons (Fsp3) is 0.0526. The fourth-order valence-electron chi connectivity index (χ4n) is 2.34. The summed E-state index contributed by atoms with van der Waals surface area (Å²) < 4.78 is 59.9. The third-order valence-corrected chi connectivity index (χ3v) is 4.95. The first-order valence-electron chi connectivity index (χ1n) is 7.69. The number of hydrogen-bond acceptors (Lipinski definition) is 3. The third-order valence-electron chi connectivity index (χ3n) is 3.52. The number of benzene rings is 3. The van der Waals surface area contributed by atoms with Gasteiger partial charge in [-0.1, -0.05) is 42.5 Å². The van der Waals surface area contributed by atoms with Gasteiger partial charge in [-0.3, -0.25) is 4.72 Å². The number of anilines is 1. The molecule has 7 heteroatoms. The van der Waals surface area contributed by atoms with Crippen LogP contribution in [0.4, 0.5) is 14.5 Å². The molecule has 0 radical (unpaired) electrons. The molecule has 134 valence electrons. The second-order valence-electron chi connectivity index (χ2n) is 5.46. The summed E-state index contributed by atoms with van der Waals surface area (Å²) >= 11 is 0. The predicted octanol–water partition coefficient (Wildman–Crippen LogP) is 4.34. The lowest BCUT2D eigenvalue weighted by Gasteiger charge is -2.11. The summed E-state index contributed by atoms with van der Waals surface area (Å²) in [7, 11) is -4.41. The van der Waals surface area contributed by atoms with Crippen LogP contribution < -0.4 is 9.46 Å². The number of hydrogen-bond donors (Lipinski definition) is 1. The molecule has 0 atom stereocenters. The minimum absolute atomic E-state index is 0.137. The van der Waals surface area contributed by atoms with E-state index in [1.54, 1.807) is 12.1 Å². The molecular formula is C19H15F2NO3S. The van der Waals surface area contributed by atoms with E-state index in [9.17, 15) is 17.2 Å². The molecule has 0 aliphatic heterocycles. The van der Waals surface area contributed by atoms with Gasteiger partial charge in [0, 0.05) is 6.07 Å². The largest absolute Gasteiger partial charge is 0.489 e. The molecule has 0 aliphatic carbocycles. The zero-order valence-electron chi connectivity index (χ0n) is 13.5. The maximum atomic E-state index is 13.8. The Kier molecular flexibility index (Phi) is 5.18. The Balaban J connectivity index is 1.78. The lowest BCUT2D eigenvalue weighted by Crippen LogP contribution is -2.16. The molecule has 0 aliphatic rings. The smallest absolute Gasteiger partial charge is 0.267 e. The summed E-state index contributed by atoms with van der Waals surface area (Å²) in [5, 5.41) is 0. The van der Waals surface area contributed by atoms with Crippen LogP contribution in [0.3, 0.4) is 0 Å². The lowest BCUT2D eigenvalue weighted by molar-refractivity contribution is 0.306. The summed E-state index contributed by atoms with van der Waals surface area (Å²) in [6.07, 6.45) is 0. The quantitative estimate of drug-likeness (QED) is 0.697. The van der Waals surface area contributed by atoms with Crippen molar-refractivity contribution in [3.05, 3.63) is 90.0 Å². The minimum atomic E-state index is -4.41. The summed E-state index contributed by atoms with van der Waals surface area (Å²) in [5.41, 5.74) is 1.09. The van der Waals surface area contributed by atoms with Crippen molar-refractivity contribution in [1.29, 1.82) is 0 Å². The average molecular weight is 375 g/mol. The highest BCUT2D eigenvalue weighted by molar-refractivity contribution is 7.92. The predicted molar refractivity (Wildman–Crippen MR) is 94.4 cm³/mol. The topological polar surface area (TPSA) is 55.4 Å². The van der Waals surface area contributed by atoms with Crippen molar-refractivity contribution in [2.24, 2.45) is 0 Å². The molecule has 3 rings (SSSR count). The van der Waals surface area contributed by atoms with Crippen molar-refractivity contribution in [1.82, 2.24) is 0 Å². The van der Waals surface area contributed by atoms with E-state index in [0.29, 0.717) is 12.4 Å². The van der Waals surface area contributed by atoms with Crippen molar-refractivity contribution in [2.75, 3.05) is 4.72 Å². The number of halogens is 2. The SMILES string of the molecule is O=S(=O)(Nc1cccc(OCc2ccccc2)c1)c1c(F)cccc1F. The standard InChI is InChI=1S/C19H15F2NO3S/c20-17-10-5-11-18(21)19(17)26(23,24)22-15-8-4-9-16(12-15)25-13-14-6-2-1-3-7-14/h1-12,22H,13H2. The van der Waals surface area contributed by atoms with Gasteiger partial charge in [-0.15, -0.1) is 0 Å². The average Bonchev–Trinajstić information content (AvgIpc) is 2.60. The Labute approximate surface area is 150 Å². The van der Waals surface area contributed by atoms with E-state index in [0.717, 1.165) is 23.8 Å². The summed E-state index contributed by atoms with van der Waals surface area (Å²) in [6, 6.07) is 18.5. The summed E-state index contributed by atoms with van der Waals surface area (Å²) in [5.74, 6) is -1.90. The summed E-state index contributed by atoms with van der Waals surface area (Å²) in [6.45, 7) is 0.305. The van der Waals surface area contributed by atoms with Gasteiger partial charge in [-0.05, 0) is 29.8 Å². The van der Waals surface area contributed by atoms with Gasteiger partial charge < -0.3 is 4.74 Å². The van der Waals surface area contributed by atoms with E-state index in [1.807, 2.05) is 30.3 Å². The molecule has 4 nitrogen and oxygen atoms in total. The Morgan fingerprint density at radius 2 is 1.50 bits per heavy atom. The molecule has 0 amide bonds. The van der Waals surface area contributed by atoms with Gasteiger partial charge in [0.05, 0.1) is 5.69 Å². The number of rotatable bonds is 6. The highest BCUT2D eigenvalue weighted by atomic mass is 32.2. The first kappa shape index (κ1) is 17.9. The molecule has 26 heavy (non-hydrogen) atoms. The molecule has 0 aromatic heterocycles. The van der Waals surface area contributed by atoms with Gasteiger partial charge in [-0.2, -0.15) is 0 Å². The van der Waals surface area contributed by atoms with E-state index in [1.165, 1.54) is 12.1 Å². The Bertz CT molecular complexity index is 988. The molecular weight excluding hydrogens is 360 g/mol. The minimum Gasteiger partial charge on any atom is -0.489 e. The monoisotopic (exact) mass is 375 g/mol. The first-order valence-corrected chi connectivity index (χ1v) is 9.18. The van der Waals surface area contributed by atoms with Crippen LogP contribution in [-0.4, -0.2) is 8.42 Å². The fourth-order valence-corrected chi connectivity index (χ4v) is 3.52. The van der Waals surface area contributed by atoms with Gasteiger partial charge in [0.15, 0.2) is 4.90 Å². The maximum Gasteiger partial charge on any atom is 0.267 e. The molecule has 3 aromatic rings. The molecule has 1 N–H and O–H groups in total. The van der Waals surface area contributed by atoms with Crippen LogP contribution in [0.25, 0.3) is 0 Å². The van der Waals surface area contributed by atoms with Crippen LogP contribution >= 0.6 is 0 Å². The maximum absolute atomic E-state index is 13.8. The summed E-state index contributed by atoms with van der Waals surface area (Å²) in [4.78, 5) is -1.02. The third kappa shape index (κ3) is 4.18. The zero-order chi connectivity index (χ0) is 18.6. The number of nitrogens with one attached hydrogen (secondary N) is 1. The van der Waals surface area contributed by atoms with E-state index in [-0.39, 0.29) is 5.69 Å². The van der Waals surface area contributed by atoms with E-state index in [4.69, 9.17) is 4.74 Å². The van der Waals surface area contributed by atoms with Gasteiger partial charge >= 0.3 is 0 Å². The molecule has 0 bridgehead atoms. The Hall–Kier alpha value is -2.93. The van der Waals surface area contributed by atoms with Crippen LogP contribution in [0.2, 0.25) is 0 Å². The van der Waals surface area contributed by atoms with Gasteiger partial charge in [0.25, 0.3) is 10.0 Å². The highest BCUT2D eigenvalue weighted by Crippen LogP contribution is 2.24. The van der Waals surface area contributed by atoms with Crippen LogP contribution in [0.15, 0.2) is 77.7 Å². The van der Waals surface area contributed by atoms with Crippen LogP contribution in [0.5, 0.6) is 5.75 Å². The molecule has 3 aromatic carbocycles. The van der Waals surface area contributed by atoms with Crippen molar-refractivity contribution < 1.29 is 21.9 Å². The van der Waals surface area contributed by atoms with E-state index in [2.05, 4.69) is 4.72 Å². The molecule has 0 fully saturated rings. The van der Waals surface area contributed by atoms with Crippen molar-refractivity contribution >= 4 is 15.7 Å². The van der Waals surface area contributed by atoms with Crippen LogP contribution in [-0.2, 0) is 16.6 Å².